The number of hydrogen-bond acceptors (Lipinski definition) is 4. The first-order valence-electron chi connectivity index (χ1n) is 5.58. The average Bonchev–Trinajstić information content (AvgIpc) is 2.28. The third-order valence-corrected chi connectivity index (χ3v) is 4.05. The van der Waals surface area contributed by atoms with Crippen molar-refractivity contribution in [3.63, 3.8) is 0 Å². The van der Waals surface area contributed by atoms with Crippen molar-refractivity contribution in [3.8, 4) is 0 Å². The number of nitrogens with zero attached hydrogens (tertiary/aromatic N) is 3. The van der Waals surface area contributed by atoms with Crippen LogP contribution in [-0.4, -0.2) is 36.3 Å². The summed E-state index contributed by atoms with van der Waals surface area (Å²) < 4.78 is 6.49. The van der Waals surface area contributed by atoms with Crippen LogP contribution in [0.15, 0.2) is 12.4 Å². The lowest BCUT2D eigenvalue weighted by atomic mass is 9.73. The first kappa shape index (κ1) is 10.7. The molecule has 0 bridgehead atoms. The summed E-state index contributed by atoms with van der Waals surface area (Å²) in [5, 5.41) is 0. The van der Waals surface area contributed by atoms with E-state index in [1.165, 1.54) is 12.8 Å². The summed E-state index contributed by atoms with van der Waals surface area (Å²) in [5.41, 5.74) is 0.491. The molecule has 0 amide bonds. The van der Waals surface area contributed by atoms with Gasteiger partial charge < -0.3 is 9.64 Å². The summed E-state index contributed by atoms with van der Waals surface area (Å²) in [4.78, 5) is 11.0. The third-order valence-electron chi connectivity index (χ3n) is 3.50. The zero-order chi connectivity index (χ0) is 11.0. The van der Waals surface area contributed by atoms with Crippen molar-refractivity contribution in [1.82, 2.24) is 9.97 Å². The van der Waals surface area contributed by atoms with Gasteiger partial charge in [-0.2, -0.15) is 0 Å². The molecule has 4 nitrogen and oxygen atoms in total. The monoisotopic (exact) mass is 331 g/mol. The smallest absolute Gasteiger partial charge is 0.225 e. The molecule has 0 aliphatic carbocycles. The Hall–Kier alpha value is -0.430. The van der Waals surface area contributed by atoms with Gasteiger partial charge in [-0.25, -0.2) is 9.97 Å². The maximum Gasteiger partial charge on any atom is 0.225 e. The van der Waals surface area contributed by atoms with E-state index in [0.717, 1.165) is 35.8 Å². The molecule has 0 N–H and O–H groups in total. The number of aromatic nitrogens is 2. The van der Waals surface area contributed by atoms with Crippen molar-refractivity contribution >= 4 is 28.5 Å². The van der Waals surface area contributed by atoms with Crippen LogP contribution < -0.4 is 4.90 Å². The van der Waals surface area contributed by atoms with Gasteiger partial charge in [0.1, 0.15) is 0 Å². The Labute approximate surface area is 109 Å². The topological polar surface area (TPSA) is 38.2 Å². The molecule has 0 unspecified atom stereocenters. The summed E-state index contributed by atoms with van der Waals surface area (Å²) in [6.07, 6.45) is 6.12. The molecule has 5 heteroatoms. The Morgan fingerprint density at radius 2 is 1.81 bits per heavy atom. The van der Waals surface area contributed by atoms with E-state index < -0.39 is 0 Å². The second-order valence-corrected chi connectivity index (χ2v) is 5.92. The number of ether oxygens (including phenoxy) is 1. The molecule has 3 rings (SSSR count). The molecule has 2 saturated heterocycles. The Kier molecular flexibility index (Phi) is 2.75. The molecule has 2 aliphatic heterocycles. The first-order valence-corrected chi connectivity index (χ1v) is 6.66. The molecule has 16 heavy (non-hydrogen) atoms. The van der Waals surface area contributed by atoms with Gasteiger partial charge in [-0.15, -0.1) is 0 Å². The average molecular weight is 331 g/mol. The van der Waals surface area contributed by atoms with Gasteiger partial charge in [0, 0.05) is 47.7 Å². The first-order chi connectivity index (χ1) is 7.77. The summed E-state index contributed by atoms with van der Waals surface area (Å²) in [5.74, 6) is 0.873. The van der Waals surface area contributed by atoms with Crippen molar-refractivity contribution in [2.45, 2.75) is 12.8 Å². The zero-order valence-corrected chi connectivity index (χ0v) is 11.2. The molecule has 86 valence electrons. The second-order valence-electron chi connectivity index (χ2n) is 4.67. The highest BCUT2D eigenvalue weighted by molar-refractivity contribution is 14.1. The fraction of sp³-hybridized carbons (Fsp3) is 0.636. The number of halogens is 1. The molecule has 0 aromatic carbocycles. The van der Waals surface area contributed by atoms with Gasteiger partial charge in [0.2, 0.25) is 5.95 Å². The molecule has 1 aromatic heterocycles. The summed E-state index contributed by atoms with van der Waals surface area (Å²) in [7, 11) is 0. The van der Waals surface area contributed by atoms with Gasteiger partial charge in [0.05, 0.1) is 0 Å². The Balaban J connectivity index is 1.66. The van der Waals surface area contributed by atoms with E-state index in [-0.39, 0.29) is 0 Å². The van der Waals surface area contributed by atoms with Crippen molar-refractivity contribution in [2.75, 3.05) is 31.2 Å². The Morgan fingerprint density at radius 3 is 2.44 bits per heavy atom. The van der Waals surface area contributed by atoms with E-state index in [0.29, 0.717) is 5.41 Å². The van der Waals surface area contributed by atoms with Crippen LogP contribution in [0.2, 0.25) is 0 Å². The number of anilines is 1. The van der Waals surface area contributed by atoms with Crippen LogP contribution in [0.5, 0.6) is 0 Å². The maximum absolute atomic E-state index is 5.41. The molecule has 2 aliphatic rings. The lowest BCUT2D eigenvalue weighted by molar-refractivity contribution is -0.000740. The number of hydrogen-bond donors (Lipinski definition) is 0. The van der Waals surface area contributed by atoms with Crippen LogP contribution in [0, 0.1) is 8.99 Å². The minimum atomic E-state index is 0.491. The predicted molar refractivity (Wildman–Crippen MR) is 69.4 cm³/mol. The minimum Gasteiger partial charge on any atom is -0.381 e. The van der Waals surface area contributed by atoms with Crippen molar-refractivity contribution in [3.05, 3.63) is 16.0 Å². The zero-order valence-electron chi connectivity index (χ0n) is 9.03. The largest absolute Gasteiger partial charge is 0.381 e. The molecule has 0 saturated carbocycles. The lowest BCUT2D eigenvalue weighted by Crippen LogP contribution is -2.59. The van der Waals surface area contributed by atoms with Crippen molar-refractivity contribution in [2.24, 2.45) is 5.41 Å². The summed E-state index contributed by atoms with van der Waals surface area (Å²) >= 11 is 2.23. The highest BCUT2D eigenvalue weighted by Crippen LogP contribution is 2.40. The lowest BCUT2D eigenvalue weighted by Gasteiger charge is -2.52. The molecular formula is C11H14IN3O. The van der Waals surface area contributed by atoms with Gasteiger partial charge in [0.15, 0.2) is 0 Å². The molecule has 0 atom stereocenters. The van der Waals surface area contributed by atoms with Crippen LogP contribution in [-0.2, 0) is 4.74 Å². The van der Waals surface area contributed by atoms with Crippen LogP contribution in [0.3, 0.4) is 0 Å². The van der Waals surface area contributed by atoms with E-state index in [2.05, 4.69) is 37.5 Å². The Morgan fingerprint density at radius 1 is 1.19 bits per heavy atom. The molecule has 2 fully saturated rings. The molecule has 0 radical (unpaired) electrons. The SMILES string of the molecule is Ic1cnc(N2CC3(CCOCC3)C2)nc1. The van der Waals surface area contributed by atoms with Gasteiger partial charge in [0.25, 0.3) is 0 Å². The van der Waals surface area contributed by atoms with E-state index >= 15 is 0 Å². The maximum atomic E-state index is 5.41. The van der Waals surface area contributed by atoms with Gasteiger partial charge in [-0.05, 0) is 35.4 Å². The van der Waals surface area contributed by atoms with E-state index in [9.17, 15) is 0 Å². The van der Waals surface area contributed by atoms with Crippen LogP contribution >= 0.6 is 22.6 Å². The molecular weight excluding hydrogens is 317 g/mol. The molecule has 3 heterocycles. The summed E-state index contributed by atoms with van der Waals surface area (Å²) in [6.45, 7) is 4.02. The van der Waals surface area contributed by atoms with Gasteiger partial charge in [-0.3, -0.25) is 0 Å². The van der Waals surface area contributed by atoms with E-state index in [4.69, 9.17) is 4.74 Å². The highest BCUT2D eigenvalue weighted by atomic mass is 127. The second kappa shape index (κ2) is 4.10. The van der Waals surface area contributed by atoms with E-state index in [1.807, 2.05) is 12.4 Å². The normalized spacial score (nSPS) is 23.2. The Bertz CT molecular complexity index is 367. The standard InChI is InChI=1S/C11H14IN3O/c12-9-5-13-10(14-6-9)15-7-11(8-15)1-3-16-4-2-11/h5-6H,1-4,7-8H2. The fourth-order valence-corrected chi connectivity index (χ4v) is 2.77. The quantitative estimate of drug-likeness (QED) is 0.735. The van der Waals surface area contributed by atoms with Crippen molar-refractivity contribution in [1.29, 1.82) is 0 Å². The molecule has 1 aromatic rings. The van der Waals surface area contributed by atoms with E-state index in [1.54, 1.807) is 0 Å². The van der Waals surface area contributed by atoms with Crippen LogP contribution in [0.1, 0.15) is 12.8 Å². The predicted octanol–water partition coefficient (Wildman–Crippen LogP) is 1.70. The van der Waals surface area contributed by atoms with Gasteiger partial charge >= 0.3 is 0 Å². The number of rotatable bonds is 1. The van der Waals surface area contributed by atoms with Crippen LogP contribution in [0.4, 0.5) is 5.95 Å². The fourth-order valence-electron chi connectivity index (χ4n) is 2.49. The highest BCUT2D eigenvalue weighted by Gasteiger charge is 2.44. The molecule has 1 spiro atoms. The van der Waals surface area contributed by atoms with Crippen LogP contribution in [0.25, 0.3) is 0 Å². The minimum absolute atomic E-state index is 0.491. The summed E-state index contributed by atoms with van der Waals surface area (Å²) in [6, 6.07) is 0. The van der Waals surface area contributed by atoms with Gasteiger partial charge in [-0.1, -0.05) is 0 Å². The third kappa shape index (κ3) is 1.90. The van der Waals surface area contributed by atoms with Crippen molar-refractivity contribution < 1.29 is 4.74 Å².